The number of methoxy groups -OCH3 is 2. The van der Waals surface area contributed by atoms with Crippen LogP contribution in [0.1, 0.15) is 31.1 Å². The second kappa shape index (κ2) is 7.21. The normalized spacial score (nSPS) is 10.9. The summed E-state index contributed by atoms with van der Waals surface area (Å²) in [5.74, 6) is 1.30. The third-order valence-corrected chi connectivity index (χ3v) is 3.14. The predicted molar refractivity (Wildman–Crippen MR) is 95.1 cm³/mol. The van der Waals surface area contributed by atoms with Crippen molar-refractivity contribution >= 4 is 17.4 Å². The summed E-state index contributed by atoms with van der Waals surface area (Å²) in [5.41, 5.74) is 1.28. The molecule has 0 saturated carbocycles. The van der Waals surface area contributed by atoms with E-state index in [2.05, 4.69) is 36.4 Å². The lowest BCUT2D eigenvalue weighted by atomic mass is 10.1. The van der Waals surface area contributed by atoms with Crippen LogP contribution in [-0.2, 0) is 0 Å². The highest BCUT2D eigenvalue weighted by Crippen LogP contribution is 2.23. The molecule has 0 aliphatic rings. The fraction of sp³-hybridized carbons (Fsp3) is 0.333. The molecule has 0 fully saturated rings. The first-order valence-electron chi connectivity index (χ1n) is 7.59. The SMILES string of the molecule is COc1cc(OC)cc(C(=O)Nc2ccc(NC(C)(C)C)cn2)c1. The zero-order chi connectivity index (χ0) is 17.7. The van der Waals surface area contributed by atoms with Crippen LogP contribution in [0.5, 0.6) is 11.5 Å². The van der Waals surface area contributed by atoms with E-state index in [1.54, 1.807) is 44.7 Å². The number of ether oxygens (including phenoxy) is 2. The van der Waals surface area contributed by atoms with Crippen LogP contribution in [-0.4, -0.2) is 30.6 Å². The minimum absolute atomic E-state index is 0.0520. The molecule has 0 atom stereocenters. The number of anilines is 2. The van der Waals surface area contributed by atoms with Crippen LogP contribution in [0.15, 0.2) is 36.5 Å². The molecule has 1 amide bonds. The molecule has 0 radical (unpaired) electrons. The lowest BCUT2D eigenvalue weighted by molar-refractivity contribution is 0.102. The van der Waals surface area contributed by atoms with Gasteiger partial charge in [0.2, 0.25) is 0 Å². The highest BCUT2D eigenvalue weighted by atomic mass is 16.5. The summed E-state index contributed by atoms with van der Waals surface area (Å²) in [4.78, 5) is 16.6. The summed E-state index contributed by atoms with van der Waals surface area (Å²) in [5, 5.41) is 6.08. The first kappa shape index (κ1) is 17.6. The van der Waals surface area contributed by atoms with E-state index in [1.165, 1.54) is 0 Å². The summed E-state index contributed by atoms with van der Waals surface area (Å²) in [6, 6.07) is 8.63. The summed E-state index contributed by atoms with van der Waals surface area (Å²) in [7, 11) is 3.08. The number of hydrogen-bond acceptors (Lipinski definition) is 5. The van der Waals surface area contributed by atoms with Crippen LogP contribution < -0.4 is 20.1 Å². The number of benzene rings is 1. The maximum atomic E-state index is 12.4. The van der Waals surface area contributed by atoms with Gasteiger partial charge in [0.1, 0.15) is 17.3 Å². The van der Waals surface area contributed by atoms with Crippen LogP contribution >= 0.6 is 0 Å². The van der Waals surface area contributed by atoms with Gasteiger partial charge < -0.3 is 20.1 Å². The highest BCUT2D eigenvalue weighted by molar-refractivity contribution is 6.04. The molecule has 128 valence electrons. The van der Waals surface area contributed by atoms with Gasteiger partial charge in [0.25, 0.3) is 5.91 Å². The Bertz CT molecular complexity index is 684. The Morgan fingerprint density at radius 1 is 1.04 bits per heavy atom. The molecule has 1 heterocycles. The first-order valence-corrected chi connectivity index (χ1v) is 7.59. The number of amides is 1. The molecule has 1 aromatic carbocycles. The number of nitrogens with one attached hydrogen (secondary N) is 2. The molecule has 2 rings (SSSR count). The largest absolute Gasteiger partial charge is 0.497 e. The lowest BCUT2D eigenvalue weighted by Crippen LogP contribution is -2.26. The maximum Gasteiger partial charge on any atom is 0.257 e. The second-order valence-corrected chi connectivity index (χ2v) is 6.36. The molecule has 1 aromatic heterocycles. The van der Waals surface area contributed by atoms with Crippen LogP contribution in [0.4, 0.5) is 11.5 Å². The third-order valence-electron chi connectivity index (χ3n) is 3.14. The van der Waals surface area contributed by atoms with E-state index in [4.69, 9.17) is 9.47 Å². The molecule has 0 spiro atoms. The van der Waals surface area contributed by atoms with Crippen LogP contribution in [0, 0.1) is 0 Å². The van der Waals surface area contributed by atoms with Gasteiger partial charge in [0.15, 0.2) is 0 Å². The van der Waals surface area contributed by atoms with Gasteiger partial charge >= 0.3 is 0 Å². The molecule has 0 bridgehead atoms. The van der Waals surface area contributed by atoms with E-state index in [0.29, 0.717) is 22.9 Å². The molecule has 2 aromatic rings. The van der Waals surface area contributed by atoms with Gasteiger partial charge in [-0.2, -0.15) is 0 Å². The van der Waals surface area contributed by atoms with Gasteiger partial charge in [-0.15, -0.1) is 0 Å². The summed E-state index contributed by atoms with van der Waals surface area (Å²) >= 11 is 0. The van der Waals surface area contributed by atoms with Crippen molar-refractivity contribution in [2.45, 2.75) is 26.3 Å². The third kappa shape index (κ3) is 4.87. The predicted octanol–water partition coefficient (Wildman–Crippen LogP) is 3.56. The van der Waals surface area contributed by atoms with Crippen molar-refractivity contribution in [3.8, 4) is 11.5 Å². The minimum atomic E-state index is -0.281. The minimum Gasteiger partial charge on any atom is -0.497 e. The van der Waals surface area contributed by atoms with Crippen LogP contribution in [0.3, 0.4) is 0 Å². The Labute approximate surface area is 142 Å². The lowest BCUT2D eigenvalue weighted by Gasteiger charge is -2.21. The fourth-order valence-corrected chi connectivity index (χ4v) is 2.10. The number of carbonyl (C=O) groups excluding carboxylic acids is 1. The number of pyridine rings is 1. The quantitative estimate of drug-likeness (QED) is 0.877. The summed E-state index contributed by atoms with van der Waals surface area (Å²) < 4.78 is 10.4. The Balaban J connectivity index is 2.12. The Kier molecular flexibility index (Phi) is 5.28. The number of hydrogen-bond donors (Lipinski definition) is 2. The Morgan fingerprint density at radius 3 is 2.12 bits per heavy atom. The monoisotopic (exact) mass is 329 g/mol. The molecule has 2 N–H and O–H groups in total. The van der Waals surface area contributed by atoms with Crippen LogP contribution in [0.25, 0.3) is 0 Å². The standard InChI is InChI=1S/C18H23N3O3/c1-18(2,3)21-13-6-7-16(19-11-13)20-17(22)12-8-14(23-4)10-15(9-12)24-5/h6-11,21H,1-5H3,(H,19,20,22). The number of rotatable bonds is 5. The van der Waals surface area contributed by atoms with E-state index < -0.39 is 0 Å². The number of carbonyl (C=O) groups is 1. The summed E-state index contributed by atoms with van der Waals surface area (Å²) in [6.07, 6.45) is 1.69. The Hall–Kier alpha value is -2.76. The molecular weight excluding hydrogens is 306 g/mol. The van der Waals surface area contributed by atoms with E-state index in [-0.39, 0.29) is 11.4 Å². The zero-order valence-electron chi connectivity index (χ0n) is 14.6. The van der Waals surface area contributed by atoms with E-state index >= 15 is 0 Å². The number of aromatic nitrogens is 1. The van der Waals surface area contributed by atoms with E-state index in [1.807, 2.05) is 6.07 Å². The van der Waals surface area contributed by atoms with Gasteiger partial charge in [0, 0.05) is 17.2 Å². The van der Waals surface area contributed by atoms with Crippen molar-refractivity contribution in [1.82, 2.24) is 4.98 Å². The smallest absolute Gasteiger partial charge is 0.257 e. The molecule has 0 saturated heterocycles. The van der Waals surface area contributed by atoms with E-state index in [9.17, 15) is 4.79 Å². The van der Waals surface area contributed by atoms with Gasteiger partial charge in [0.05, 0.1) is 26.1 Å². The first-order chi connectivity index (χ1) is 11.3. The number of nitrogens with zero attached hydrogens (tertiary/aromatic N) is 1. The molecule has 0 unspecified atom stereocenters. The molecule has 0 aliphatic heterocycles. The van der Waals surface area contributed by atoms with Gasteiger partial charge in [-0.25, -0.2) is 4.98 Å². The highest BCUT2D eigenvalue weighted by Gasteiger charge is 2.12. The molecule has 24 heavy (non-hydrogen) atoms. The molecule has 0 aliphatic carbocycles. The molecule has 6 heteroatoms. The van der Waals surface area contributed by atoms with Crippen molar-refractivity contribution < 1.29 is 14.3 Å². The average Bonchev–Trinajstić information content (AvgIpc) is 2.54. The summed E-state index contributed by atoms with van der Waals surface area (Å²) in [6.45, 7) is 6.20. The van der Waals surface area contributed by atoms with Gasteiger partial charge in [-0.05, 0) is 45.0 Å². The molecule has 6 nitrogen and oxygen atoms in total. The van der Waals surface area contributed by atoms with Gasteiger partial charge in [-0.1, -0.05) is 0 Å². The van der Waals surface area contributed by atoms with Crippen molar-refractivity contribution in [2.24, 2.45) is 0 Å². The van der Waals surface area contributed by atoms with Gasteiger partial charge in [-0.3, -0.25) is 4.79 Å². The maximum absolute atomic E-state index is 12.4. The molecular formula is C18H23N3O3. The van der Waals surface area contributed by atoms with Crippen molar-refractivity contribution in [3.05, 3.63) is 42.1 Å². The van der Waals surface area contributed by atoms with Crippen molar-refractivity contribution in [2.75, 3.05) is 24.9 Å². The van der Waals surface area contributed by atoms with Crippen LogP contribution in [0.2, 0.25) is 0 Å². The van der Waals surface area contributed by atoms with Crippen molar-refractivity contribution in [3.63, 3.8) is 0 Å². The second-order valence-electron chi connectivity index (χ2n) is 6.36. The average molecular weight is 329 g/mol. The van der Waals surface area contributed by atoms with E-state index in [0.717, 1.165) is 5.69 Å². The van der Waals surface area contributed by atoms with Crippen molar-refractivity contribution in [1.29, 1.82) is 0 Å². The fourth-order valence-electron chi connectivity index (χ4n) is 2.10. The zero-order valence-corrected chi connectivity index (χ0v) is 14.6. The topological polar surface area (TPSA) is 72.5 Å². The Morgan fingerprint density at radius 2 is 1.67 bits per heavy atom.